The lowest BCUT2D eigenvalue weighted by molar-refractivity contribution is -0.145. The second-order valence-corrected chi connectivity index (χ2v) is 10.7. The quantitative estimate of drug-likeness (QED) is 0.487. The van der Waals surface area contributed by atoms with Gasteiger partial charge in [0, 0.05) is 17.6 Å². The summed E-state index contributed by atoms with van der Waals surface area (Å²) in [6.07, 6.45) is -0.337. The summed E-state index contributed by atoms with van der Waals surface area (Å²) >= 11 is 0. The Kier molecular flexibility index (Phi) is 10.4. The van der Waals surface area contributed by atoms with Gasteiger partial charge in [0.25, 0.3) is 0 Å². The van der Waals surface area contributed by atoms with Crippen LogP contribution >= 0.6 is 0 Å². The number of hydrogen-bond acceptors (Lipinski definition) is 5. The van der Waals surface area contributed by atoms with Crippen LogP contribution in [0.4, 0.5) is 4.79 Å². The summed E-state index contributed by atoms with van der Waals surface area (Å²) in [6, 6.07) is 2.58. The number of nitrogens with one attached hydrogen (secondary N) is 2. The molecule has 3 amide bonds. The zero-order valence-electron chi connectivity index (χ0n) is 22.4. The number of amides is 3. The van der Waals surface area contributed by atoms with Crippen LogP contribution in [0, 0.1) is 12.8 Å². The summed E-state index contributed by atoms with van der Waals surface area (Å²) in [5.74, 6) is -0.767. The third-order valence-corrected chi connectivity index (χ3v) is 5.03. The molecule has 1 rings (SSSR count). The molecule has 0 fully saturated rings. The summed E-state index contributed by atoms with van der Waals surface area (Å²) in [5.41, 5.74) is 0.211. The van der Waals surface area contributed by atoms with E-state index in [0.29, 0.717) is 17.5 Å². The fourth-order valence-electron chi connectivity index (χ4n) is 3.69. The molecule has 0 spiro atoms. The minimum Gasteiger partial charge on any atom is -0.507 e. The molecule has 1 aromatic rings. The van der Waals surface area contributed by atoms with Crippen LogP contribution in [-0.4, -0.2) is 51.6 Å². The van der Waals surface area contributed by atoms with Crippen LogP contribution < -0.4 is 10.6 Å². The molecule has 0 bridgehead atoms. The molecule has 0 saturated carbocycles. The number of rotatable bonds is 9. The van der Waals surface area contributed by atoms with Crippen molar-refractivity contribution < 1.29 is 24.2 Å². The SMILES string of the molecule is Cc1cccc(C(C(=O)NC(C)C)N(C(=O)C(CC(C)C)NC(=O)OC(C)(C)C)C(C)C)c1O. The molecule has 0 aromatic heterocycles. The first-order valence-electron chi connectivity index (χ1n) is 12.0. The van der Waals surface area contributed by atoms with Crippen molar-refractivity contribution in [2.24, 2.45) is 5.92 Å². The van der Waals surface area contributed by atoms with E-state index in [-0.39, 0.29) is 17.7 Å². The number of para-hydroxylation sites is 1. The maximum atomic E-state index is 13.9. The normalized spacial score (nSPS) is 13.6. The highest BCUT2D eigenvalue weighted by atomic mass is 16.6. The third-order valence-electron chi connectivity index (χ3n) is 5.03. The van der Waals surface area contributed by atoms with Crippen LogP contribution in [0.3, 0.4) is 0 Å². The van der Waals surface area contributed by atoms with Crippen molar-refractivity contribution in [3.8, 4) is 5.75 Å². The number of benzene rings is 1. The molecule has 34 heavy (non-hydrogen) atoms. The zero-order chi connectivity index (χ0) is 26.4. The Labute approximate surface area is 204 Å². The highest BCUT2D eigenvalue weighted by Crippen LogP contribution is 2.33. The van der Waals surface area contributed by atoms with Crippen molar-refractivity contribution in [2.45, 2.75) is 105 Å². The molecule has 3 N–H and O–H groups in total. The summed E-state index contributed by atoms with van der Waals surface area (Å²) < 4.78 is 5.38. The smallest absolute Gasteiger partial charge is 0.408 e. The van der Waals surface area contributed by atoms with Crippen LogP contribution in [0.5, 0.6) is 5.75 Å². The van der Waals surface area contributed by atoms with Gasteiger partial charge in [0.15, 0.2) is 0 Å². The molecule has 8 nitrogen and oxygen atoms in total. The van der Waals surface area contributed by atoms with Gasteiger partial charge >= 0.3 is 6.09 Å². The van der Waals surface area contributed by atoms with Gasteiger partial charge < -0.3 is 25.4 Å². The molecular formula is C26H43N3O5. The Morgan fingerprint density at radius 3 is 2.09 bits per heavy atom. The number of ether oxygens (including phenoxy) is 1. The number of aryl methyl sites for hydroxylation is 1. The monoisotopic (exact) mass is 477 g/mol. The van der Waals surface area contributed by atoms with E-state index in [0.717, 1.165) is 0 Å². The van der Waals surface area contributed by atoms with Gasteiger partial charge in [0.05, 0.1) is 0 Å². The summed E-state index contributed by atoms with van der Waals surface area (Å²) in [6.45, 7) is 18.2. The van der Waals surface area contributed by atoms with E-state index < -0.39 is 41.6 Å². The highest BCUT2D eigenvalue weighted by Gasteiger charge is 2.39. The lowest BCUT2D eigenvalue weighted by Crippen LogP contribution is -2.55. The Morgan fingerprint density at radius 2 is 1.62 bits per heavy atom. The van der Waals surface area contributed by atoms with E-state index in [9.17, 15) is 19.5 Å². The lowest BCUT2D eigenvalue weighted by atomic mass is 9.96. The minimum atomic E-state index is -1.08. The molecule has 0 aliphatic rings. The third kappa shape index (κ3) is 8.54. The number of nitrogens with zero attached hydrogens (tertiary/aromatic N) is 1. The highest BCUT2D eigenvalue weighted by molar-refractivity contribution is 5.93. The predicted molar refractivity (Wildman–Crippen MR) is 133 cm³/mol. The number of aromatic hydroxyl groups is 1. The molecule has 0 aliphatic carbocycles. The van der Waals surface area contributed by atoms with Crippen LogP contribution in [-0.2, 0) is 14.3 Å². The first-order valence-corrected chi connectivity index (χ1v) is 12.0. The molecule has 1 aromatic carbocycles. The number of carbonyl (C=O) groups is 3. The second-order valence-electron chi connectivity index (χ2n) is 10.7. The molecule has 0 saturated heterocycles. The van der Waals surface area contributed by atoms with Crippen LogP contribution in [0.25, 0.3) is 0 Å². The fourth-order valence-corrected chi connectivity index (χ4v) is 3.69. The Bertz CT molecular complexity index is 858. The molecule has 0 radical (unpaired) electrons. The van der Waals surface area contributed by atoms with Gasteiger partial charge in [0.2, 0.25) is 11.8 Å². The number of carbonyl (C=O) groups excluding carboxylic acids is 3. The molecule has 2 atom stereocenters. The Morgan fingerprint density at radius 1 is 1.03 bits per heavy atom. The lowest BCUT2D eigenvalue weighted by Gasteiger charge is -2.38. The van der Waals surface area contributed by atoms with E-state index in [2.05, 4.69) is 10.6 Å². The predicted octanol–water partition coefficient (Wildman–Crippen LogP) is 4.44. The van der Waals surface area contributed by atoms with E-state index in [1.54, 1.807) is 59.7 Å². The first-order chi connectivity index (χ1) is 15.5. The number of alkyl carbamates (subject to hydrolysis) is 1. The first kappa shape index (κ1) is 29.3. The van der Waals surface area contributed by atoms with E-state index in [4.69, 9.17) is 4.74 Å². The fraction of sp³-hybridized carbons (Fsp3) is 0.654. The maximum Gasteiger partial charge on any atom is 0.408 e. The van der Waals surface area contributed by atoms with Crippen molar-refractivity contribution >= 4 is 17.9 Å². The van der Waals surface area contributed by atoms with E-state index in [1.165, 1.54) is 4.90 Å². The van der Waals surface area contributed by atoms with Gasteiger partial charge in [-0.2, -0.15) is 0 Å². The number of phenolic OH excluding ortho intramolecular Hbond substituents is 1. The van der Waals surface area contributed by atoms with Crippen molar-refractivity contribution in [3.63, 3.8) is 0 Å². The van der Waals surface area contributed by atoms with Crippen molar-refractivity contribution in [1.29, 1.82) is 0 Å². The van der Waals surface area contributed by atoms with Crippen molar-refractivity contribution in [1.82, 2.24) is 15.5 Å². The van der Waals surface area contributed by atoms with E-state index >= 15 is 0 Å². The average molecular weight is 478 g/mol. The molecule has 8 heteroatoms. The van der Waals surface area contributed by atoms with Gasteiger partial charge in [-0.3, -0.25) is 9.59 Å². The average Bonchev–Trinajstić information content (AvgIpc) is 2.64. The topological polar surface area (TPSA) is 108 Å². The van der Waals surface area contributed by atoms with E-state index in [1.807, 2.05) is 27.7 Å². The summed E-state index contributed by atoms with van der Waals surface area (Å²) in [5, 5.41) is 16.4. The second kappa shape index (κ2) is 12.1. The van der Waals surface area contributed by atoms with Gasteiger partial charge in [-0.15, -0.1) is 0 Å². The number of phenols is 1. The van der Waals surface area contributed by atoms with Crippen LogP contribution in [0.1, 0.15) is 85.9 Å². The van der Waals surface area contributed by atoms with Crippen LogP contribution in [0.15, 0.2) is 18.2 Å². The zero-order valence-corrected chi connectivity index (χ0v) is 22.4. The summed E-state index contributed by atoms with van der Waals surface area (Å²) in [7, 11) is 0. The Balaban J connectivity index is 3.53. The summed E-state index contributed by atoms with van der Waals surface area (Å²) in [4.78, 5) is 41.3. The number of hydrogen-bond donors (Lipinski definition) is 3. The van der Waals surface area contributed by atoms with Gasteiger partial charge in [-0.05, 0) is 73.3 Å². The van der Waals surface area contributed by atoms with Gasteiger partial charge in [0.1, 0.15) is 23.4 Å². The molecule has 0 aliphatic heterocycles. The minimum absolute atomic E-state index is 0.0367. The molecule has 2 unspecified atom stereocenters. The Hall–Kier alpha value is -2.77. The van der Waals surface area contributed by atoms with Crippen molar-refractivity contribution in [3.05, 3.63) is 29.3 Å². The van der Waals surface area contributed by atoms with Gasteiger partial charge in [-0.1, -0.05) is 32.0 Å². The standard InChI is InChI=1S/C26H43N3O5/c1-15(2)14-20(28-25(33)34-26(8,9)10)24(32)29(17(5)6)21(23(31)27-16(3)4)19-13-11-12-18(7)22(19)30/h11-13,15-17,20-21,30H,14H2,1-10H3,(H,27,31)(H,28,33). The van der Waals surface area contributed by atoms with Crippen LogP contribution in [0.2, 0.25) is 0 Å². The van der Waals surface area contributed by atoms with Crippen molar-refractivity contribution in [2.75, 3.05) is 0 Å². The maximum absolute atomic E-state index is 13.9. The molecule has 0 heterocycles. The molecular weight excluding hydrogens is 434 g/mol. The largest absolute Gasteiger partial charge is 0.507 e. The van der Waals surface area contributed by atoms with Gasteiger partial charge in [-0.25, -0.2) is 4.79 Å². The molecule has 192 valence electrons.